The smallest absolute Gasteiger partial charge is 0.126 e. The molecule has 1 heterocycles. The molecule has 1 N–H and O–H groups in total. The number of halogens is 1. The molecule has 0 aliphatic carbocycles. The molecule has 4 heteroatoms. The first kappa shape index (κ1) is 14.4. The average Bonchev–Trinajstić information content (AvgIpc) is 2.88. The fraction of sp³-hybridized carbons (Fsp3) is 0.294. The van der Waals surface area contributed by atoms with Crippen molar-refractivity contribution >= 4 is 15.9 Å². The van der Waals surface area contributed by atoms with Gasteiger partial charge in [-0.3, -0.25) is 0 Å². The van der Waals surface area contributed by atoms with Crippen LogP contribution < -0.4 is 9.47 Å². The Hall–Kier alpha value is -1.52. The van der Waals surface area contributed by atoms with E-state index in [-0.39, 0.29) is 5.92 Å². The SMILES string of the molecule is C[C@@H](O)c1ccc(Br)cc1OCC1COc2ccccc21. The molecular weight excluding hydrogens is 332 g/mol. The van der Waals surface area contributed by atoms with Crippen molar-refractivity contribution in [3.05, 3.63) is 58.1 Å². The Balaban J connectivity index is 1.76. The molecule has 0 fully saturated rings. The van der Waals surface area contributed by atoms with E-state index in [2.05, 4.69) is 22.0 Å². The molecule has 0 saturated heterocycles. The second-order valence-corrected chi connectivity index (χ2v) is 6.13. The molecule has 0 spiro atoms. The number of fused-ring (bicyclic) bond motifs is 1. The van der Waals surface area contributed by atoms with Gasteiger partial charge in [-0.2, -0.15) is 0 Å². The summed E-state index contributed by atoms with van der Waals surface area (Å²) in [6, 6.07) is 13.7. The topological polar surface area (TPSA) is 38.7 Å². The van der Waals surface area contributed by atoms with Crippen LogP contribution >= 0.6 is 15.9 Å². The summed E-state index contributed by atoms with van der Waals surface area (Å²) in [5.41, 5.74) is 1.98. The molecule has 0 saturated carbocycles. The van der Waals surface area contributed by atoms with Gasteiger partial charge >= 0.3 is 0 Å². The summed E-state index contributed by atoms with van der Waals surface area (Å²) < 4.78 is 12.5. The number of aliphatic hydroxyl groups excluding tert-OH is 1. The zero-order valence-corrected chi connectivity index (χ0v) is 13.3. The minimum atomic E-state index is -0.555. The van der Waals surface area contributed by atoms with Gasteiger partial charge in [0.05, 0.1) is 25.2 Å². The van der Waals surface area contributed by atoms with E-state index in [1.54, 1.807) is 6.92 Å². The molecule has 21 heavy (non-hydrogen) atoms. The number of para-hydroxylation sites is 1. The summed E-state index contributed by atoms with van der Waals surface area (Å²) in [5, 5.41) is 9.83. The summed E-state index contributed by atoms with van der Waals surface area (Å²) >= 11 is 3.44. The van der Waals surface area contributed by atoms with Crippen LogP contribution in [-0.2, 0) is 0 Å². The second-order valence-electron chi connectivity index (χ2n) is 5.21. The summed E-state index contributed by atoms with van der Waals surface area (Å²) in [6.07, 6.45) is -0.555. The Kier molecular flexibility index (Phi) is 4.17. The molecule has 1 aliphatic heterocycles. The average molecular weight is 349 g/mol. The molecule has 3 nitrogen and oxygen atoms in total. The van der Waals surface area contributed by atoms with Crippen LogP contribution in [0.15, 0.2) is 46.9 Å². The van der Waals surface area contributed by atoms with Crippen molar-refractivity contribution in [1.29, 1.82) is 0 Å². The van der Waals surface area contributed by atoms with Gasteiger partial charge < -0.3 is 14.6 Å². The van der Waals surface area contributed by atoms with E-state index in [9.17, 15) is 5.11 Å². The van der Waals surface area contributed by atoms with Crippen LogP contribution in [0.3, 0.4) is 0 Å². The second kappa shape index (κ2) is 6.08. The number of hydrogen-bond acceptors (Lipinski definition) is 3. The number of ether oxygens (including phenoxy) is 2. The van der Waals surface area contributed by atoms with Gasteiger partial charge in [-0.05, 0) is 25.1 Å². The van der Waals surface area contributed by atoms with Crippen LogP contribution in [0.4, 0.5) is 0 Å². The molecule has 3 rings (SSSR count). The van der Waals surface area contributed by atoms with E-state index in [0.29, 0.717) is 19.0 Å². The van der Waals surface area contributed by atoms with E-state index >= 15 is 0 Å². The Morgan fingerprint density at radius 1 is 1.33 bits per heavy atom. The Labute approximate surface area is 132 Å². The van der Waals surface area contributed by atoms with Crippen LogP contribution in [0.2, 0.25) is 0 Å². The normalized spacial score (nSPS) is 18.0. The predicted molar refractivity (Wildman–Crippen MR) is 84.9 cm³/mol. The fourth-order valence-corrected chi connectivity index (χ4v) is 2.88. The lowest BCUT2D eigenvalue weighted by molar-refractivity contribution is 0.187. The van der Waals surface area contributed by atoms with Crippen molar-refractivity contribution in [1.82, 2.24) is 0 Å². The van der Waals surface area contributed by atoms with Crippen LogP contribution in [0.5, 0.6) is 11.5 Å². The van der Waals surface area contributed by atoms with Crippen LogP contribution in [0, 0.1) is 0 Å². The number of benzene rings is 2. The summed E-state index contributed by atoms with van der Waals surface area (Å²) in [4.78, 5) is 0. The van der Waals surface area contributed by atoms with Crippen molar-refractivity contribution in [3.8, 4) is 11.5 Å². The molecule has 1 aliphatic rings. The van der Waals surface area contributed by atoms with Gasteiger partial charge in [0.2, 0.25) is 0 Å². The van der Waals surface area contributed by atoms with E-state index in [0.717, 1.165) is 15.8 Å². The molecule has 0 aromatic heterocycles. The molecule has 0 amide bonds. The van der Waals surface area contributed by atoms with Crippen LogP contribution in [0.25, 0.3) is 0 Å². The maximum Gasteiger partial charge on any atom is 0.126 e. The van der Waals surface area contributed by atoms with Gasteiger partial charge in [0, 0.05) is 15.6 Å². The molecule has 2 aromatic carbocycles. The Bertz CT molecular complexity index is 640. The standard InChI is InChI=1S/C17H17BrO3/c1-11(19)14-7-6-13(18)8-17(14)21-10-12-9-20-16-5-3-2-4-15(12)16/h2-8,11-12,19H,9-10H2,1H3/t11-,12?/m1/s1. The van der Waals surface area contributed by atoms with E-state index < -0.39 is 6.10 Å². The highest BCUT2D eigenvalue weighted by molar-refractivity contribution is 9.10. The Morgan fingerprint density at radius 3 is 2.95 bits per heavy atom. The lowest BCUT2D eigenvalue weighted by atomic mass is 10.0. The number of hydrogen-bond donors (Lipinski definition) is 1. The van der Waals surface area contributed by atoms with E-state index in [1.807, 2.05) is 36.4 Å². The van der Waals surface area contributed by atoms with Crippen molar-refractivity contribution in [3.63, 3.8) is 0 Å². The van der Waals surface area contributed by atoms with Gasteiger partial charge in [0.25, 0.3) is 0 Å². The van der Waals surface area contributed by atoms with Gasteiger partial charge in [-0.25, -0.2) is 0 Å². The highest BCUT2D eigenvalue weighted by Crippen LogP contribution is 2.35. The highest BCUT2D eigenvalue weighted by atomic mass is 79.9. The lowest BCUT2D eigenvalue weighted by Crippen LogP contribution is -2.13. The van der Waals surface area contributed by atoms with Crippen LogP contribution in [-0.4, -0.2) is 18.3 Å². The molecule has 2 aromatic rings. The first-order chi connectivity index (χ1) is 10.1. The molecule has 0 bridgehead atoms. The largest absolute Gasteiger partial charge is 0.493 e. The maximum absolute atomic E-state index is 9.83. The lowest BCUT2D eigenvalue weighted by Gasteiger charge is -2.16. The monoisotopic (exact) mass is 348 g/mol. The third-order valence-electron chi connectivity index (χ3n) is 3.66. The highest BCUT2D eigenvalue weighted by Gasteiger charge is 2.24. The third kappa shape index (κ3) is 3.06. The van der Waals surface area contributed by atoms with Crippen molar-refractivity contribution in [2.75, 3.05) is 13.2 Å². The van der Waals surface area contributed by atoms with Gasteiger partial charge in [0.15, 0.2) is 0 Å². The zero-order chi connectivity index (χ0) is 14.8. The Morgan fingerprint density at radius 2 is 2.14 bits per heavy atom. The first-order valence-corrected chi connectivity index (χ1v) is 7.76. The summed E-state index contributed by atoms with van der Waals surface area (Å²) in [5.74, 6) is 1.88. The number of rotatable bonds is 4. The first-order valence-electron chi connectivity index (χ1n) is 6.97. The molecule has 2 atom stereocenters. The van der Waals surface area contributed by atoms with Crippen molar-refractivity contribution in [2.24, 2.45) is 0 Å². The van der Waals surface area contributed by atoms with E-state index in [4.69, 9.17) is 9.47 Å². The van der Waals surface area contributed by atoms with E-state index in [1.165, 1.54) is 5.56 Å². The molecule has 110 valence electrons. The molecular formula is C17H17BrO3. The quantitative estimate of drug-likeness (QED) is 0.905. The van der Waals surface area contributed by atoms with Gasteiger partial charge in [-0.1, -0.05) is 40.2 Å². The van der Waals surface area contributed by atoms with Crippen molar-refractivity contribution in [2.45, 2.75) is 18.9 Å². The van der Waals surface area contributed by atoms with Gasteiger partial charge in [0.1, 0.15) is 11.5 Å². The fourth-order valence-electron chi connectivity index (χ4n) is 2.54. The zero-order valence-electron chi connectivity index (χ0n) is 11.8. The molecule has 0 radical (unpaired) electrons. The van der Waals surface area contributed by atoms with Crippen molar-refractivity contribution < 1.29 is 14.6 Å². The number of aliphatic hydroxyl groups is 1. The minimum Gasteiger partial charge on any atom is -0.493 e. The maximum atomic E-state index is 9.83. The third-order valence-corrected chi connectivity index (χ3v) is 4.16. The van der Waals surface area contributed by atoms with Gasteiger partial charge in [-0.15, -0.1) is 0 Å². The summed E-state index contributed by atoms with van der Waals surface area (Å²) in [6.45, 7) is 2.91. The summed E-state index contributed by atoms with van der Waals surface area (Å²) in [7, 11) is 0. The predicted octanol–water partition coefficient (Wildman–Crippen LogP) is 4.06. The van der Waals surface area contributed by atoms with Crippen LogP contribution in [0.1, 0.15) is 30.1 Å². The molecule has 1 unspecified atom stereocenters. The minimum absolute atomic E-state index is 0.224.